The summed E-state index contributed by atoms with van der Waals surface area (Å²) in [6.07, 6.45) is 0.651. The van der Waals surface area contributed by atoms with Crippen LogP contribution in [-0.4, -0.2) is 35.2 Å². The van der Waals surface area contributed by atoms with Crippen LogP contribution in [0.15, 0.2) is 12.7 Å². The third-order valence-electron chi connectivity index (χ3n) is 4.37. The van der Waals surface area contributed by atoms with Crippen molar-refractivity contribution in [1.29, 1.82) is 0 Å². The molecule has 1 heterocycles. The van der Waals surface area contributed by atoms with Gasteiger partial charge in [-0.15, -0.1) is 0 Å². The molecule has 5 atom stereocenters. The zero-order valence-corrected chi connectivity index (χ0v) is 9.50. The Morgan fingerprint density at radius 3 is 2.89 bits per heavy atom. The fourth-order valence-electron chi connectivity index (χ4n) is 3.63. The van der Waals surface area contributed by atoms with Gasteiger partial charge in [-0.3, -0.25) is 9.59 Å². The molecule has 1 aliphatic heterocycles. The van der Waals surface area contributed by atoms with E-state index in [-0.39, 0.29) is 18.3 Å². The van der Waals surface area contributed by atoms with Crippen LogP contribution in [0.1, 0.15) is 12.8 Å². The number of hydrogen-bond acceptors (Lipinski definition) is 5. The van der Waals surface area contributed by atoms with Gasteiger partial charge in [0.1, 0.15) is 12.2 Å². The molecule has 0 spiro atoms. The molecule has 1 N–H and O–H groups in total. The first-order chi connectivity index (χ1) is 8.50. The number of rotatable bonds is 3. The number of carboxylic acids is 1. The van der Waals surface area contributed by atoms with Gasteiger partial charge in [0.05, 0.1) is 0 Å². The van der Waals surface area contributed by atoms with Crippen molar-refractivity contribution in [3.8, 4) is 0 Å². The molecule has 3 fully saturated rings. The zero-order valence-electron chi connectivity index (χ0n) is 9.50. The third-order valence-corrected chi connectivity index (χ3v) is 4.37. The monoisotopic (exact) mass is 252 g/mol. The molecular weight excluding hydrogens is 240 g/mol. The zero-order chi connectivity index (χ0) is 13.1. The van der Waals surface area contributed by atoms with Crippen LogP contribution < -0.4 is 0 Å². The summed E-state index contributed by atoms with van der Waals surface area (Å²) in [5, 5.41) is 9.27. The second kappa shape index (κ2) is 3.34. The van der Waals surface area contributed by atoms with Crippen LogP contribution >= 0.6 is 0 Å². The van der Waals surface area contributed by atoms with Crippen molar-refractivity contribution in [3.63, 3.8) is 0 Å². The molecule has 6 nitrogen and oxygen atoms in total. The standard InChI is InChI=1S/C12H12O6/c1-2-7(13)17-8-5-3-6-9(8)18-11(16)12(6,4-5)10(14)15/h2,5-6,8-9H,1,3-4H2,(H,14,15). The number of hydrogen-bond donors (Lipinski definition) is 1. The molecular formula is C12H12O6. The van der Waals surface area contributed by atoms with Gasteiger partial charge in [0.2, 0.25) is 0 Å². The Balaban J connectivity index is 1.90. The molecule has 5 unspecified atom stereocenters. The van der Waals surface area contributed by atoms with Crippen LogP contribution in [0, 0.1) is 17.3 Å². The van der Waals surface area contributed by atoms with Crippen molar-refractivity contribution in [1.82, 2.24) is 0 Å². The Morgan fingerprint density at radius 1 is 1.56 bits per heavy atom. The first kappa shape index (κ1) is 11.3. The smallest absolute Gasteiger partial charge is 0.330 e. The Kier molecular flexibility index (Phi) is 2.09. The molecule has 3 aliphatic rings. The lowest BCUT2D eigenvalue weighted by atomic mass is 9.73. The van der Waals surface area contributed by atoms with Crippen molar-refractivity contribution < 1.29 is 29.0 Å². The molecule has 0 aromatic heterocycles. The molecule has 3 rings (SSSR count). The molecule has 2 bridgehead atoms. The Bertz CT molecular complexity index is 469. The van der Waals surface area contributed by atoms with Crippen LogP contribution in [0.4, 0.5) is 0 Å². The fourth-order valence-corrected chi connectivity index (χ4v) is 3.63. The number of ether oxygens (including phenoxy) is 2. The SMILES string of the molecule is C=CC(=O)OC1C2CC3C1OC(=O)C3(C(=O)O)C2. The van der Waals surface area contributed by atoms with E-state index in [9.17, 15) is 19.5 Å². The summed E-state index contributed by atoms with van der Waals surface area (Å²) in [7, 11) is 0. The Hall–Kier alpha value is -1.85. The van der Waals surface area contributed by atoms with Crippen molar-refractivity contribution in [2.24, 2.45) is 17.3 Å². The fraction of sp³-hybridized carbons (Fsp3) is 0.583. The van der Waals surface area contributed by atoms with E-state index < -0.39 is 35.5 Å². The summed E-state index contributed by atoms with van der Waals surface area (Å²) in [6.45, 7) is 3.31. The minimum atomic E-state index is -1.41. The van der Waals surface area contributed by atoms with Crippen LogP contribution in [0.3, 0.4) is 0 Å². The van der Waals surface area contributed by atoms with Crippen molar-refractivity contribution in [2.75, 3.05) is 0 Å². The number of carbonyl (C=O) groups is 3. The van der Waals surface area contributed by atoms with Crippen molar-refractivity contribution in [2.45, 2.75) is 25.0 Å². The quantitative estimate of drug-likeness (QED) is 0.436. The predicted octanol–water partition coefficient (Wildman–Crippen LogP) is 0.120. The van der Waals surface area contributed by atoms with Crippen LogP contribution in [0.5, 0.6) is 0 Å². The normalized spacial score (nSPS) is 43.7. The summed E-state index contributed by atoms with van der Waals surface area (Å²) in [5.74, 6) is -2.89. The maximum absolute atomic E-state index is 11.8. The van der Waals surface area contributed by atoms with Gasteiger partial charge >= 0.3 is 17.9 Å². The average molecular weight is 252 g/mol. The maximum Gasteiger partial charge on any atom is 0.330 e. The summed E-state index contributed by atoms with van der Waals surface area (Å²) < 4.78 is 10.3. The first-order valence-corrected chi connectivity index (χ1v) is 5.78. The van der Waals surface area contributed by atoms with E-state index in [4.69, 9.17) is 9.47 Å². The third kappa shape index (κ3) is 1.10. The van der Waals surface area contributed by atoms with E-state index in [2.05, 4.69) is 6.58 Å². The van der Waals surface area contributed by atoms with Crippen LogP contribution in [0.25, 0.3) is 0 Å². The molecule has 1 saturated heterocycles. The van der Waals surface area contributed by atoms with Gasteiger partial charge in [0, 0.05) is 17.9 Å². The van der Waals surface area contributed by atoms with Crippen LogP contribution in [-0.2, 0) is 23.9 Å². The van der Waals surface area contributed by atoms with Gasteiger partial charge in [-0.1, -0.05) is 6.58 Å². The van der Waals surface area contributed by atoms with E-state index in [1.165, 1.54) is 0 Å². The number of aliphatic carboxylic acids is 1. The molecule has 0 aromatic carbocycles. The van der Waals surface area contributed by atoms with Gasteiger partial charge in [-0.25, -0.2) is 4.79 Å². The van der Waals surface area contributed by atoms with Gasteiger partial charge in [-0.2, -0.15) is 0 Å². The molecule has 0 aromatic rings. The maximum atomic E-state index is 11.8. The minimum Gasteiger partial charge on any atom is -0.480 e. The van der Waals surface area contributed by atoms with Gasteiger partial charge in [0.15, 0.2) is 5.41 Å². The molecule has 96 valence electrons. The summed E-state index contributed by atoms with van der Waals surface area (Å²) in [4.78, 5) is 34.4. The predicted molar refractivity (Wildman–Crippen MR) is 56.2 cm³/mol. The second-order valence-electron chi connectivity index (χ2n) is 5.06. The molecule has 6 heteroatoms. The van der Waals surface area contributed by atoms with E-state index in [1.807, 2.05) is 0 Å². The highest BCUT2D eigenvalue weighted by Gasteiger charge is 2.75. The lowest BCUT2D eigenvalue weighted by molar-refractivity contribution is -0.161. The van der Waals surface area contributed by atoms with Gasteiger partial charge in [-0.05, 0) is 12.8 Å². The molecule has 2 aliphatic carbocycles. The van der Waals surface area contributed by atoms with E-state index >= 15 is 0 Å². The number of fused-ring (bicyclic) bond motifs is 1. The summed E-state index contributed by atoms with van der Waals surface area (Å²) in [6, 6.07) is 0. The second-order valence-corrected chi connectivity index (χ2v) is 5.06. The highest BCUT2D eigenvalue weighted by Crippen LogP contribution is 2.62. The van der Waals surface area contributed by atoms with Crippen LogP contribution in [0.2, 0.25) is 0 Å². The van der Waals surface area contributed by atoms with E-state index in [0.29, 0.717) is 6.42 Å². The highest BCUT2D eigenvalue weighted by molar-refractivity contribution is 6.02. The van der Waals surface area contributed by atoms with Gasteiger partial charge < -0.3 is 14.6 Å². The lowest BCUT2D eigenvalue weighted by Crippen LogP contribution is -2.44. The Labute approximate surface area is 103 Å². The average Bonchev–Trinajstić information content (AvgIpc) is 2.90. The highest BCUT2D eigenvalue weighted by atomic mass is 16.6. The molecule has 0 amide bonds. The Morgan fingerprint density at radius 2 is 2.28 bits per heavy atom. The first-order valence-electron chi connectivity index (χ1n) is 5.78. The number of esters is 2. The largest absolute Gasteiger partial charge is 0.480 e. The molecule has 0 radical (unpaired) electrons. The topological polar surface area (TPSA) is 89.9 Å². The van der Waals surface area contributed by atoms with Crippen molar-refractivity contribution >= 4 is 17.9 Å². The van der Waals surface area contributed by atoms with Crippen molar-refractivity contribution in [3.05, 3.63) is 12.7 Å². The number of carbonyl (C=O) groups excluding carboxylic acids is 2. The number of carboxylic acid groups (broad SMARTS) is 1. The van der Waals surface area contributed by atoms with E-state index in [1.54, 1.807) is 0 Å². The minimum absolute atomic E-state index is 0.119. The summed E-state index contributed by atoms with van der Waals surface area (Å²) in [5.41, 5.74) is -1.41. The van der Waals surface area contributed by atoms with Gasteiger partial charge in [0.25, 0.3) is 0 Å². The molecule has 2 saturated carbocycles. The molecule has 18 heavy (non-hydrogen) atoms. The van der Waals surface area contributed by atoms with E-state index in [0.717, 1.165) is 6.08 Å². The summed E-state index contributed by atoms with van der Waals surface area (Å²) >= 11 is 0. The lowest BCUT2D eigenvalue weighted by Gasteiger charge is -2.28.